The highest BCUT2D eigenvalue weighted by Gasteiger charge is 2.21. The number of aromatic nitrogens is 1. The van der Waals surface area contributed by atoms with Crippen molar-refractivity contribution in [2.75, 3.05) is 20.2 Å². The van der Waals surface area contributed by atoms with E-state index >= 15 is 0 Å². The number of fused-ring (bicyclic) bond motifs is 1. The van der Waals surface area contributed by atoms with Crippen molar-refractivity contribution >= 4 is 16.7 Å². The molecule has 2 aromatic rings. The minimum atomic E-state index is -0.927. The number of hydrogen-bond donors (Lipinski definition) is 1. The van der Waals surface area contributed by atoms with E-state index in [1.54, 1.807) is 30.5 Å². The first-order chi connectivity index (χ1) is 10.1. The van der Waals surface area contributed by atoms with Crippen molar-refractivity contribution in [3.05, 3.63) is 36.0 Å². The van der Waals surface area contributed by atoms with Crippen LogP contribution in [0.5, 0.6) is 5.88 Å². The summed E-state index contributed by atoms with van der Waals surface area (Å²) in [4.78, 5) is 17.6. The van der Waals surface area contributed by atoms with Crippen molar-refractivity contribution in [1.82, 2.24) is 9.88 Å². The Morgan fingerprint density at radius 2 is 2.33 bits per heavy atom. The van der Waals surface area contributed by atoms with Crippen molar-refractivity contribution in [3.63, 3.8) is 0 Å². The molecule has 0 aliphatic carbocycles. The Bertz CT molecular complexity index is 672. The van der Waals surface area contributed by atoms with E-state index < -0.39 is 5.97 Å². The lowest BCUT2D eigenvalue weighted by Crippen LogP contribution is -2.30. The fraction of sp³-hybridized carbons (Fsp3) is 0.375. The van der Waals surface area contributed by atoms with E-state index in [4.69, 9.17) is 9.84 Å². The molecule has 1 aliphatic rings. The van der Waals surface area contributed by atoms with Gasteiger partial charge in [0.05, 0.1) is 5.56 Å². The molecule has 1 aliphatic heterocycles. The third-order valence-electron chi connectivity index (χ3n) is 4.06. The van der Waals surface area contributed by atoms with Crippen LogP contribution in [0, 0.1) is 0 Å². The Kier molecular flexibility index (Phi) is 3.75. The molecule has 0 radical (unpaired) electrons. The van der Waals surface area contributed by atoms with Crippen molar-refractivity contribution in [2.45, 2.75) is 18.9 Å². The highest BCUT2D eigenvalue weighted by Crippen LogP contribution is 2.25. The maximum absolute atomic E-state index is 11.0. The molecule has 1 unspecified atom stereocenters. The Labute approximate surface area is 123 Å². The Morgan fingerprint density at radius 1 is 1.48 bits per heavy atom. The summed E-state index contributed by atoms with van der Waals surface area (Å²) in [5, 5.41) is 10.7. The van der Waals surface area contributed by atoms with E-state index in [2.05, 4.69) is 16.9 Å². The zero-order valence-electron chi connectivity index (χ0n) is 12.0. The normalized spacial score (nSPS) is 19.0. The first-order valence-electron chi connectivity index (χ1n) is 7.10. The van der Waals surface area contributed by atoms with Crippen LogP contribution in [-0.2, 0) is 0 Å². The number of rotatable bonds is 4. The van der Waals surface area contributed by atoms with Gasteiger partial charge in [0.15, 0.2) is 0 Å². The predicted octanol–water partition coefficient (Wildman–Crippen LogP) is 2.41. The average Bonchev–Trinajstić information content (AvgIpc) is 2.89. The summed E-state index contributed by atoms with van der Waals surface area (Å²) in [6.07, 6.45) is 4.00. The number of likely N-dealkylation sites (N-methyl/N-ethyl adjacent to an activating group) is 1. The number of nitrogens with zero attached hydrogens (tertiary/aromatic N) is 2. The van der Waals surface area contributed by atoms with Gasteiger partial charge in [-0.15, -0.1) is 0 Å². The highest BCUT2D eigenvalue weighted by molar-refractivity contribution is 5.95. The van der Waals surface area contributed by atoms with E-state index in [-0.39, 0.29) is 5.56 Å². The molecule has 110 valence electrons. The zero-order chi connectivity index (χ0) is 14.8. The second-order valence-corrected chi connectivity index (χ2v) is 5.44. The largest absolute Gasteiger partial charge is 0.478 e. The summed E-state index contributed by atoms with van der Waals surface area (Å²) in [5.74, 6) is -0.353. The number of hydrogen-bond acceptors (Lipinski definition) is 4. The van der Waals surface area contributed by atoms with Gasteiger partial charge in [-0.1, -0.05) is 0 Å². The lowest BCUT2D eigenvalue weighted by atomic mass is 10.1. The summed E-state index contributed by atoms with van der Waals surface area (Å²) in [7, 11) is 2.11. The molecule has 1 fully saturated rings. The van der Waals surface area contributed by atoms with E-state index in [0.29, 0.717) is 18.5 Å². The number of benzene rings is 1. The summed E-state index contributed by atoms with van der Waals surface area (Å²) in [5.41, 5.74) is 0.273. The van der Waals surface area contributed by atoms with Gasteiger partial charge in [-0.2, -0.15) is 0 Å². The topological polar surface area (TPSA) is 62.7 Å². The van der Waals surface area contributed by atoms with Gasteiger partial charge in [-0.25, -0.2) is 9.78 Å². The van der Waals surface area contributed by atoms with Crippen LogP contribution >= 0.6 is 0 Å². The van der Waals surface area contributed by atoms with Crippen molar-refractivity contribution < 1.29 is 14.6 Å². The van der Waals surface area contributed by atoms with Gasteiger partial charge >= 0.3 is 5.97 Å². The minimum absolute atomic E-state index is 0.273. The number of carboxylic acids is 1. The summed E-state index contributed by atoms with van der Waals surface area (Å²) >= 11 is 0. The standard InChI is InChI=1S/C16H18N2O3/c1-18-8-2-3-13(18)10-21-15-14-5-4-12(16(19)20)9-11(14)6-7-17-15/h4-7,9,13H,2-3,8,10H2,1H3,(H,19,20). The molecule has 0 amide bonds. The van der Waals surface area contributed by atoms with Crippen molar-refractivity contribution in [1.29, 1.82) is 0 Å². The molecule has 0 saturated carbocycles. The van der Waals surface area contributed by atoms with Gasteiger partial charge in [0.2, 0.25) is 5.88 Å². The molecule has 0 spiro atoms. The molecule has 1 N–H and O–H groups in total. The average molecular weight is 286 g/mol. The number of ether oxygens (including phenoxy) is 1. The molecule has 5 heteroatoms. The number of carbonyl (C=O) groups is 1. The Hall–Kier alpha value is -2.14. The molecule has 1 saturated heterocycles. The molecule has 5 nitrogen and oxygen atoms in total. The van der Waals surface area contributed by atoms with E-state index in [1.807, 2.05) is 0 Å². The maximum atomic E-state index is 11.0. The molecule has 3 rings (SSSR count). The fourth-order valence-corrected chi connectivity index (χ4v) is 2.76. The number of aromatic carboxylic acids is 1. The number of likely N-dealkylation sites (tertiary alicyclic amines) is 1. The van der Waals surface area contributed by atoms with Gasteiger partial charge in [-0.3, -0.25) is 0 Å². The first kappa shape index (κ1) is 13.8. The monoisotopic (exact) mass is 286 g/mol. The minimum Gasteiger partial charge on any atom is -0.478 e. The summed E-state index contributed by atoms with van der Waals surface area (Å²) in [6, 6.07) is 7.23. The zero-order valence-corrected chi connectivity index (χ0v) is 12.0. The van der Waals surface area contributed by atoms with Gasteiger partial charge in [0.25, 0.3) is 0 Å². The van der Waals surface area contributed by atoms with Crippen LogP contribution in [-0.4, -0.2) is 47.2 Å². The first-order valence-corrected chi connectivity index (χ1v) is 7.10. The molecular formula is C16H18N2O3. The Morgan fingerprint density at radius 3 is 3.05 bits per heavy atom. The Balaban J connectivity index is 1.83. The number of carboxylic acid groups (broad SMARTS) is 1. The smallest absolute Gasteiger partial charge is 0.335 e. The third-order valence-corrected chi connectivity index (χ3v) is 4.06. The lowest BCUT2D eigenvalue weighted by Gasteiger charge is -2.19. The number of pyridine rings is 1. The molecule has 0 bridgehead atoms. The van der Waals surface area contributed by atoms with E-state index in [0.717, 1.165) is 23.7 Å². The molecule has 1 aromatic heterocycles. The van der Waals surface area contributed by atoms with E-state index in [1.165, 1.54) is 6.42 Å². The van der Waals surface area contributed by atoms with Crippen LogP contribution in [0.25, 0.3) is 10.8 Å². The van der Waals surface area contributed by atoms with Crippen LogP contribution < -0.4 is 4.74 Å². The fourth-order valence-electron chi connectivity index (χ4n) is 2.76. The van der Waals surface area contributed by atoms with E-state index in [9.17, 15) is 4.79 Å². The quantitative estimate of drug-likeness (QED) is 0.935. The molecular weight excluding hydrogens is 268 g/mol. The van der Waals surface area contributed by atoms with Gasteiger partial charge in [0.1, 0.15) is 6.61 Å². The van der Waals surface area contributed by atoms with Crippen LogP contribution in [0.15, 0.2) is 30.5 Å². The van der Waals surface area contributed by atoms with Crippen molar-refractivity contribution in [2.24, 2.45) is 0 Å². The van der Waals surface area contributed by atoms with Gasteiger partial charge in [-0.05, 0) is 56.1 Å². The van der Waals surface area contributed by atoms with Crippen LogP contribution in [0.4, 0.5) is 0 Å². The lowest BCUT2D eigenvalue weighted by molar-refractivity contribution is 0.0697. The molecule has 1 atom stereocenters. The molecule has 2 heterocycles. The highest BCUT2D eigenvalue weighted by atomic mass is 16.5. The second-order valence-electron chi connectivity index (χ2n) is 5.44. The molecule has 21 heavy (non-hydrogen) atoms. The van der Waals surface area contributed by atoms with Crippen LogP contribution in [0.2, 0.25) is 0 Å². The van der Waals surface area contributed by atoms with Gasteiger partial charge in [0, 0.05) is 17.6 Å². The van der Waals surface area contributed by atoms with Crippen molar-refractivity contribution in [3.8, 4) is 5.88 Å². The maximum Gasteiger partial charge on any atom is 0.335 e. The van der Waals surface area contributed by atoms with Crippen LogP contribution in [0.3, 0.4) is 0 Å². The predicted molar refractivity (Wildman–Crippen MR) is 79.8 cm³/mol. The summed E-state index contributed by atoms with van der Waals surface area (Å²) in [6.45, 7) is 1.72. The van der Waals surface area contributed by atoms with Gasteiger partial charge < -0.3 is 14.7 Å². The molecule has 1 aromatic carbocycles. The third kappa shape index (κ3) is 2.83. The second kappa shape index (κ2) is 5.69. The summed E-state index contributed by atoms with van der Waals surface area (Å²) < 4.78 is 5.87. The van der Waals surface area contributed by atoms with Crippen LogP contribution in [0.1, 0.15) is 23.2 Å². The SMILES string of the molecule is CN1CCCC1COc1nccc2cc(C(=O)O)ccc12.